The van der Waals surface area contributed by atoms with Gasteiger partial charge in [0.05, 0.1) is 5.03 Å². The van der Waals surface area contributed by atoms with Crippen molar-refractivity contribution < 1.29 is 0 Å². The topological polar surface area (TPSA) is 64.7 Å². The van der Waals surface area contributed by atoms with Gasteiger partial charge in [0.15, 0.2) is 0 Å². The Morgan fingerprint density at radius 2 is 2.19 bits per heavy atom. The summed E-state index contributed by atoms with van der Waals surface area (Å²) in [6, 6.07) is 5.82. The Bertz CT molecular complexity index is 421. The second-order valence-corrected chi connectivity index (χ2v) is 4.40. The summed E-state index contributed by atoms with van der Waals surface area (Å²) in [5.74, 6) is 0. The third-order valence-corrected chi connectivity index (χ3v) is 3.32. The molecule has 0 aliphatic heterocycles. The summed E-state index contributed by atoms with van der Waals surface area (Å²) in [6.45, 7) is 0.556. The molecule has 0 aliphatic rings. The predicted molar refractivity (Wildman–Crippen MR) is 63.9 cm³/mol. The average Bonchev–Trinajstić information content (AvgIpc) is 2.38. The summed E-state index contributed by atoms with van der Waals surface area (Å²) in [7, 11) is 0. The first-order valence-electron chi connectivity index (χ1n) is 4.93. The fraction of sp³-hybridized carbons (Fsp3) is 0.182. The van der Waals surface area contributed by atoms with Gasteiger partial charge in [-0.1, -0.05) is 17.8 Å². The normalized spacial score (nSPS) is 12.3. The minimum Gasteiger partial charge on any atom is -0.329 e. The molecule has 0 bridgehead atoms. The standard InChI is InChI=1S/C11H12N4S/c12-6-10(9-2-1-4-13-7-9)16-11-3-5-14-8-15-11/h1-5,7-8,10H,6,12H2. The molecular formula is C11H12N4S. The molecule has 2 aromatic heterocycles. The largest absolute Gasteiger partial charge is 0.329 e. The highest BCUT2D eigenvalue weighted by molar-refractivity contribution is 7.99. The van der Waals surface area contributed by atoms with Gasteiger partial charge < -0.3 is 5.73 Å². The highest BCUT2D eigenvalue weighted by Crippen LogP contribution is 2.32. The summed E-state index contributed by atoms with van der Waals surface area (Å²) in [5.41, 5.74) is 6.88. The molecule has 5 heteroatoms. The van der Waals surface area contributed by atoms with Gasteiger partial charge in [0.1, 0.15) is 6.33 Å². The summed E-state index contributed by atoms with van der Waals surface area (Å²) >= 11 is 1.63. The van der Waals surface area contributed by atoms with Gasteiger partial charge >= 0.3 is 0 Å². The molecule has 0 radical (unpaired) electrons. The van der Waals surface area contributed by atoms with E-state index in [-0.39, 0.29) is 5.25 Å². The number of thioether (sulfide) groups is 1. The third-order valence-electron chi connectivity index (χ3n) is 2.09. The van der Waals surface area contributed by atoms with Gasteiger partial charge in [0.25, 0.3) is 0 Å². The Kier molecular flexibility index (Phi) is 3.85. The zero-order valence-electron chi connectivity index (χ0n) is 8.65. The maximum Gasteiger partial charge on any atom is 0.116 e. The highest BCUT2D eigenvalue weighted by atomic mass is 32.2. The van der Waals surface area contributed by atoms with Crippen LogP contribution in [0.4, 0.5) is 0 Å². The molecule has 2 aromatic rings. The Balaban J connectivity index is 2.13. The van der Waals surface area contributed by atoms with Crippen LogP contribution < -0.4 is 5.73 Å². The van der Waals surface area contributed by atoms with Crippen LogP contribution in [0.15, 0.2) is 48.1 Å². The molecule has 1 unspecified atom stereocenters. The fourth-order valence-corrected chi connectivity index (χ4v) is 2.22. The third kappa shape index (κ3) is 2.77. The van der Waals surface area contributed by atoms with Crippen molar-refractivity contribution in [2.45, 2.75) is 10.3 Å². The van der Waals surface area contributed by atoms with Gasteiger partial charge in [-0.15, -0.1) is 0 Å². The lowest BCUT2D eigenvalue weighted by Gasteiger charge is -2.13. The molecule has 0 saturated heterocycles. The van der Waals surface area contributed by atoms with E-state index < -0.39 is 0 Å². The van der Waals surface area contributed by atoms with Crippen LogP contribution in [0.1, 0.15) is 10.8 Å². The lowest BCUT2D eigenvalue weighted by Crippen LogP contribution is -2.09. The summed E-state index contributed by atoms with van der Waals surface area (Å²) < 4.78 is 0. The van der Waals surface area contributed by atoms with E-state index in [1.54, 1.807) is 30.5 Å². The number of pyridine rings is 1. The van der Waals surface area contributed by atoms with Gasteiger partial charge in [-0.2, -0.15) is 0 Å². The molecule has 2 N–H and O–H groups in total. The molecule has 0 saturated carbocycles. The smallest absolute Gasteiger partial charge is 0.116 e. The van der Waals surface area contributed by atoms with E-state index in [4.69, 9.17) is 5.73 Å². The predicted octanol–water partition coefficient (Wildman–Crippen LogP) is 1.66. The van der Waals surface area contributed by atoms with Gasteiger partial charge in [-0.05, 0) is 17.7 Å². The van der Waals surface area contributed by atoms with E-state index in [0.717, 1.165) is 10.6 Å². The number of nitrogens with two attached hydrogens (primary N) is 1. The Hall–Kier alpha value is -1.46. The van der Waals surface area contributed by atoms with Crippen LogP contribution in [0.5, 0.6) is 0 Å². The van der Waals surface area contributed by atoms with Crippen LogP contribution in [0, 0.1) is 0 Å². The van der Waals surface area contributed by atoms with Crippen LogP contribution in [0.2, 0.25) is 0 Å². The molecule has 0 aromatic carbocycles. The van der Waals surface area contributed by atoms with Gasteiger partial charge in [0, 0.05) is 30.4 Å². The molecule has 4 nitrogen and oxygen atoms in total. The quantitative estimate of drug-likeness (QED) is 0.641. The van der Waals surface area contributed by atoms with E-state index >= 15 is 0 Å². The highest BCUT2D eigenvalue weighted by Gasteiger charge is 2.11. The van der Waals surface area contributed by atoms with Crippen molar-refractivity contribution in [3.05, 3.63) is 48.7 Å². The molecule has 0 aliphatic carbocycles. The molecule has 2 heterocycles. The minimum atomic E-state index is 0.184. The zero-order valence-corrected chi connectivity index (χ0v) is 9.47. The second-order valence-electron chi connectivity index (χ2n) is 3.18. The van der Waals surface area contributed by atoms with E-state index in [1.807, 2.05) is 24.4 Å². The minimum absolute atomic E-state index is 0.184. The zero-order chi connectivity index (χ0) is 11.2. The lowest BCUT2D eigenvalue weighted by molar-refractivity contribution is 0.923. The van der Waals surface area contributed by atoms with E-state index in [1.165, 1.54) is 0 Å². The molecule has 1 atom stereocenters. The fourth-order valence-electron chi connectivity index (χ4n) is 1.31. The number of hydrogen-bond donors (Lipinski definition) is 1. The van der Waals surface area contributed by atoms with Crippen molar-refractivity contribution in [2.75, 3.05) is 6.54 Å². The van der Waals surface area contributed by atoms with Crippen LogP contribution in [0.25, 0.3) is 0 Å². The molecule has 0 amide bonds. The Labute approximate surface area is 98.3 Å². The first-order chi connectivity index (χ1) is 7.90. The molecule has 0 fully saturated rings. The maximum atomic E-state index is 5.76. The maximum absolute atomic E-state index is 5.76. The summed E-state index contributed by atoms with van der Waals surface area (Å²) in [4.78, 5) is 12.1. The van der Waals surface area contributed by atoms with Crippen LogP contribution >= 0.6 is 11.8 Å². The Morgan fingerprint density at radius 3 is 2.81 bits per heavy atom. The first kappa shape index (κ1) is 11.0. The van der Waals surface area contributed by atoms with Crippen molar-refractivity contribution in [2.24, 2.45) is 5.73 Å². The van der Waals surface area contributed by atoms with E-state index in [9.17, 15) is 0 Å². The van der Waals surface area contributed by atoms with Crippen LogP contribution in [0.3, 0.4) is 0 Å². The van der Waals surface area contributed by atoms with Crippen molar-refractivity contribution in [1.29, 1.82) is 0 Å². The van der Waals surface area contributed by atoms with Crippen LogP contribution in [-0.2, 0) is 0 Å². The van der Waals surface area contributed by atoms with Crippen molar-refractivity contribution >= 4 is 11.8 Å². The molecule has 0 spiro atoms. The van der Waals surface area contributed by atoms with Gasteiger partial charge in [-0.25, -0.2) is 9.97 Å². The van der Waals surface area contributed by atoms with Crippen molar-refractivity contribution in [1.82, 2.24) is 15.0 Å². The number of hydrogen-bond acceptors (Lipinski definition) is 5. The monoisotopic (exact) mass is 232 g/mol. The van der Waals surface area contributed by atoms with E-state index in [0.29, 0.717) is 6.54 Å². The number of rotatable bonds is 4. The average molecular weight is 232 g/mol. The molecule has 82 valence electrons. The van der Waals surface area contributed by atoms with E-state index in [2.05, 4.69) is 15.0 Å². The molecule has 2 rings (SSSR count). The molecule has 16 heavy (non-hydrogen) atoms. The SMILES string of the molecule is NCC(Sc1ccncn1)c1cccnc1. The van der Waals surface area contributed by atoms with Gasteiger partial charge in [-0.3, -0.25) is 4.98 Å². The Morgan fingerprint density at radius 1 is 1.25 bits per heavy atom. The summed E-state index contributed by atoms with van der Waals surface area (Å²) in [5, 5.41) is 1.11. The second kappa shape index (κ2) is 5.58. The lowest BCUT2D eigenvalue weighted by atomic mass is 10.2. The molecular weight excluding hydrogens is 220 g/mol. The number of nitrogens with zero attached hydrogens (tertiary/aromatic N) is 3. The van der Waals surface area contributed by atoms with Crippen molar-refractivity contribution in [3.8, 4) is 0 Å². The first-order valence-corrected chi connectivity index (χ1v) is 5.81. The van der Waals surface area contributed by atoms with Gasteiger partial charge in [0.2, 0.25) is 0 Å². The van der Waals surface area contributed by atoms with Crippen molar-refractivity contribution in [3.63, 3.8) is 0 Å². The number of aromatic nitrogens is 3. The van der Waals surface area contributed by atoms with Crippen LogP contribution in [-0.4, -0.2) is 21.5 Å². The summed E-state index contributed by atoms with van der Waals surface area (Å²) in [6.07, 6.45) is 6.86.